The van der Waals surface area contributed by atoms with E-state index < -0.39 is 0 Å². The Hall–Kier alpha value is -2.18. The first-order valence-corrected chi connectivity index (χ1v) is 9.49. The average molecular weight is 358 g/mol. The van der Waals surface area contributed by atoms with Gasteiger partial charge in [-0.15, -0.1) is 11.3 Å². The Morgan fingerprint density at radius 1 is 1.16 bits per heavy atom. The molecule has 5 nitrogen and oxygen atoms in total. The molecule has 3 rings (SSSR count). The van der Waals surface area contributed by atoms with Gasteiger partial charge in [0.05, 0.1) is 37.6 Å². The normalized spacial score (nSPS) is 15.2. The van der Waals surface area contributed by atoms with Crippen LogP contribution in [0.1, 0.15) is 20.8 Å². The van der Waals surface area contributed by atoms with Gasteiger partial charge in [0, 0.05) is 5.56 Å². The fourth-order valence-corrected chi connectivity index (χ4v) is 3.73. The third kappa shape index (κ3) is 4.67. The highest BCUT2D eigenvalue weighted by Crippen LogP contribution is 2.07. The van der Waals surface area contributed by atoms with Gasteiger partial charge in [0.1, 0.15) is 6.54 Å². The largest absolute Gasteiger partial charge is 0.342 e. The Kier molecular flexibility index (Phi) is 5.83. The predicted octanol–water partition coefficient (Wildman–Crippen LogP) is 0.714. The van der Waals surface area contributed by atoms with Crippen molar-refractivity contribution in [3.05, 3.63) is 57.8 Å². The molecule has 2 N–H and O–H groups in total. The molecule has 2 heterocycles. The summed E-state index contributed by atoms with van der Waals surface area (Å²) >= 11 is 1.38. The zero-order valence-electron chi connectivity index (χ0n) is 14.5. The van der Waals surface area contributed by atoms with Crippen LogP contribution >= 0.6 is 11.3 Å². The number of rotatable bonds is 5. The van der Waals surface area contributed by atoms with Crippen LogP contribution in [0, 0.1) is 6.92 Å². The van der Waals surface area contributed by atoms with Gasteiger partial charge in [0.15, 0.2) is 0 Å². The predicted molar refractivity (Wildman–Crippen MR) is 98.8 cm³/mol. The van der Waals surface area contributed by atoms with Gasteiger partial charge < -0.3 is 15.1 Å². The Labute approximate surface area is 152 Å². The van der Waals surface area contributed by atoms with Gasteiger partial charge in [-0.2, -0.15) is 0 Å². The van der Waals surface area contributed by atoms with E-state index >= 15 is 0 Å². The number of hydrogen-bond donors (Lipinski definition) is 2. The molecule has 0 saturated carbocycles. The molecule has 0 bridgehead atoms. The Bertz CT molecular complexity index is 722. The van der Waals surface area contributed by atoms with E-state index in [-0.39, 0.29) is 18.4 Å². The summed E-state index contributed by atoms with van der Waals surface area (Å²) in [6, 6.07) is 12.1. The lowest BCUT2D eigenvalue weighted by molar-refractivity contribution is -0.917. The molecule has 1 aromatic heterocycles. The third-order valence-electron chi connectivity index (χ3n) is 4.67. The second kappa shape index (κ2) is 8.27. The van der Waals surface area contributed by atoms with E-state index in [1.54, 1.807) is 6.07 Å². The molecule has 1 aliphatic rings. The van der Waals surface area contributed by atoms with Gasteiger partial charge in [-0.25, -0.2) is 0 Å². The smallest absolute Gasteiger partial charge is 0.261 e. The molecule has 1 aromatic carbocycles. The first kappa shape index (κ1) is 17.6. The maximum atomic E-state index is 12.3. The first-order valence-electron chi connectivity index (χ1n) is 8.61. The van der Waals surface area contributed by atoms with Crippen molar-refractivity contribution in [3.8, 4) is 0 Å². The van der Waals surface area contributed by atoms with Crippen molar-refractivity contribution < 1.29 is 14.5 Å². The van der Waals surface area contributed by atoms with Crippen LogP contribution in [0.2, 0.25) is 0 Å². The average Bonchev–Trinajstić information content (AvgIpc) is 3.17. The van der Waals surface area contributed by atoms with Crippen LogP contribution in [0.15, 0.2) is 41.8 Å². The number of hydrogen-bond acceptors (Lipinski definition) is 3. The van der Waals surface area contributed by atoms with Crippen molar-refractivity contribution in [1.29, 1.82) is 0 Å². The lowest BCUT2D eigenvalue weighted by Gasteiger charge is -2.32. The summed E-state index contributed by atoms with van der Waals surface area (Å²) in [5, 5.41) is 4.57. The van der Waals surface area contributed by atoms with Gasteiger partial charge in [-0.05, 0) is 23.9 Å². The summed E-state index contributed by atoms with van der Waals surface area (Å²) in [6.45, 7) is 6.60. The quantitative estimate of drug-likeness (QED) is 0.827. The summed E-state index contributed by atoms with van der Waals surface area (Å²) in [4.78, 5) is 28.2. The molecule has 0 unspecified atom stereocenters. The summed E-state index contributed by atoms with van der Waals surface area (Å²) in [5.41, 5.74) is 2.70. The first-order chi connectivity index (χ1) is 12.1. The Morgan fingerprint density at radius 3 is 2.60 bits per heavy atom. The van der Waals surface area contributed by atoms with E-state index in [1.165, 1.54) is 27.4 Å². The van der Waals surface area contributed by atoms with Crippen LogP contribution < -0.4 is 10.2 Å². The number of piperazine rings is 1. The number of benzene rings is 1. The minimum absolute atomic E-state index is 0.000141. The van der Waals surface area contributed by atoms with Crippen molar-refractivity contribution >= 4 is 23.2 Å². The van der Waals surface area contributed by atoms with Gasteiger partial charge in [-0.1, -0.05) is 30.3 Å². The summed E-state index contributed by atoms with van der Waals surface area (Å²) < 4.78 is 0. The zero-order valence-corrected chi connectivity index (χ0v) is 15.3. The highest BCUT2D eigenvalue weighted by molar-refractivity contribution is 7.12. The van der Waals surface area contributed by atoms with Crippen molar-refractivity contribution in [1.82, 2.24) is 10.2 Å². The molecule has 1 fully saturated rings. The van der Waals surface area contributed by atoms with Crippen LogP contribution in [0.5, 0.6) is 0 Å². The maximum Gasteiger partial charge on any atom is 0.261 e. The van der Waals surface area contributed by atoms with E-state index in [9.17, 15) is 9.59 Å². The van der Waals surface area contributed by atoms with Gasteiger partial charge in [-0.3, -0.25) is 9.59 Å². The standard InChI is InChI=1S/C19H23N3O2S/c1-15-5-2-3-6-16(15)14-21-8-10-22(11-9-21)18(23)13-20-19(24)17-7-4-12-25-17/h2-7,12H,8-11,13-14H2,1H3,(H,20,24)/p+1. The van der Waals surface area contributed by atoms with Crippen LogP contribution in [0.4, 0.5) is 0 Å². The molecule has 0 atom stereocenters. The second-order valence-corrected chi connectivity index (χ2v) is 7.34. The Balaban J connectivity index is 1.43. The minimum Gasteiger partial charge on any atom is -0.342 e. The fourth-order valence-electron chi connectivity index (χ4n) is 3.09. The molecule has 6 heteroatoms. The molecular formula is C19H24N3O2S+. The van der Waals surface area contributed by atoms with E-state index in [2.05, 4.69) is 36.5 Å². The molecular weight excluding hydrogens is 334 g/mol. The number of amides is 2. The van der Waals surface area contributed by atoms with Crippen molar-refractivity contribution in [3.63, 3.8) is 0 Å². The summed E-state index contributed by atoms with van der Waals surface area (Å²) in [7, 11) is 0. The topological polar surface area (TPSA) is 53.9 Å². The number of thiophene rings is 1. The molecule has 1 saturated heterocycles. The SMILES string of the molecule is Cc1ccccc1C[NH+]1CCN(C(=O)CNC(=O)c2cccs2)CC1. The van der Waals surface area contributed by atoms with Gasteiger partial charge in [0.25, 0.3) is 5.91 Å². The second-order valence-electron chi connectivity index (χ2n) is 6.39. The zero-order chi connectivity index (χ0) is 17.6. The number of carbonyl (C=O) groups is 2. The van der Waals surface area contributed by atoms with E-state index in [1.807, 2.05) is 16.3 Å². The lowest BCUT2D eigenvalue weighted by Crippen LogP contribution is -3.13. The van der Waals surface area contributed by atoms with Crippen LogP contribution in [-0.4, -0.2) is 49.4 Å². The van der Waals surface area contributed by atoms with Crippen LogP contribution in [-0.2, 0) is 11.3 Å². The van der Waals surface area contributed by atoms with E-state index in [0.717, 1.165) is 32.7 Å². The molecule has 0 radical (unpaired) electrons. The monoisotopic (exact) mass is 358 g/mol. The van der Waals surface area contributed by atoms with Crippen LogP contribution in [0.25, 0.3) is 0 Å². The van der Waals surface area contributed by atoms with Gasteiger partial charge in [0.2, 0.25) is 5.91 Å². The summed E-state index contributed by atoms with van der Waals surface area (Å²) in [5.74, 6) is -0.174. The number of aryl methyl sites for hydroxylation is 1. The highest BCUT2D eigenvalue weighted by Gasteiger charge is 2.24. The molecule has 25 heavy (non-hydrogen) atoms. The number of carbonyl (C=O) groups excluding carboxylic acids is 2. The lowest BCUT2D eigenvalue weighted by atomic mass is 10.1. The molecule has 2 amide bonds. The van der Waals surface area contributed by atoms with E-state index in [0.29, 0.717) is 4.88 Å². The minimum atomic E-state index is -0.174. The van der Waals surface area contributed by atoms with Crippen LogP contribution in [0.3, 0.4) is 0 Å². The molecule has 2 aromatic rings. The van der Waals surface area contributed by atoms with Gasteiger partial charge >= 0.3 is 0 Å². The number of quaternary nitrogens is 1. The maximum absolute atomic E-state index is 12.3. The molecule has 0 spiro atoms. The number of nitrogens with one attached hydrogen (secondary N) is 2. The van der Waals surface area contributed by atoms with Crippen molar-refractivity contribution in [2.75, 3.05) is 32.7 Å². The van der Waals surface area contributed by atoms with E-state index in [4.69, 9.17) is 0 Å². The molecule has 1 aliphatic heterocycles. The summed E-state index contributed by atoms with van der Waals surface area (Å²) in [6.07, 6.45) is 0. The molecule has 0 aliphatic carbocycles. The molecule has 132 valence electrons. The van der Waals surface area contributed by atoms with Crippen molar-refractivity contribution in [2.24, 2.45) is 0 Å². The highest BCUT2D eigenvalue weighted by atomic mass is 32.1. The Morgan fingerprint density at radius 2 is 1.92 bits per heavy atom. The van der Waals surface area contributed by atoms with Crippen molar-refractivity contribution in [2.45, 2.75) is 13.5 Å². The third-order valence-corrected chi connectivity index (χ3v) is 5.54. The fraction of sp³-hybridized carbons (Fsp3) is 0.368. The number of nitrogens with zero attached hydrogens (tertiary/aromatic N) is 1.